The van der Waals surface area contributed by atoms with Gasteiger partial charge in [0, 0.05) is 20.9 Å². The minimum Gasteiger partial charge on any atom is -0.493 e. The van der Waals surface area contributed by atoms with Crippen molar-refractivity contribution >= 4 is 49.0 Å². The van der Waals surface area contributed by atoms with E-state index in [0.717, 1.165) is 27.4 Å². The van der Waals surface area contributed by atoms with Crippen LogP contribution in [0.3, 0.4) is 0 Å². The van der Waals surface area contributed by atoms with E-state index in [2.05, 4.69) is 43.9 Å². The van der Waals surface area contributed by atoms with Crippen LogP contribution in [0.2, 0.25) is 0 Å². The van der Waals surface area contributed by atoms with Crippen molar-refractivity contribution in [1.82, 2.24) is 9.66 Å². The summed E-state index contributed by atoms with van der Waals surface area (Å²) in [5.74, 6) is 1.87. The first kappa shape index (κ1) is 23.5. The number of ether oxygens (including phenoxy) is 2. The molecule has 1 heterocycles. The zero-order valence-electron chi connectivity index (χ0n) is 18.0. The molecule has 0 aliphatic rings. The highest BCUT2D eigenvalue weighted by atomic mass is 79.9. The molecule has 3 rings (SSSR count). The van der Waals surface area contributed by atoms with Crippen LogP contribution in [0.5, 0.6) is 11.5 Å². The smallest absolute Gasteiger partial charge is 0.282 e. The summed E-state index contributed by atoms with van der Waals surface area (Å²) in [7, 11) is 1.59. The first-order valence-corrected chi connectivity index (χ1v) is 11.7. The topological polar surface area (TPSA) is 65.7 Å². The Kier molecular flexibility index (Phi) is 7.89. The highest BCUT2D eigenvalue weighted by Gasteiger charge is 2.13. The third-order valence-corrected chi connectivity index (χ3v) is 5.77. The van der Waals surface area contributed by atoms with E-state index in [1.807, 2.05) is 38.1 Å². The van der Waals surface area contributed by atoms with E-state index in [0.29, 0.717) is 34.6 Å². The molecule has 1 aromatic heterocycles. The molecule has 6 nitrogen and oxygen atoms in total. The fourth-order valence-electron chi connectivity index (χ4n) is 3.09. The Labute approximate surface area is 198 Å². The number of benzene rings is 2. The van der Waals surface area contributed by atoms with Crippen LogP contribution in [0, 0.1) is 0 Å². The molecule has 0 N–H and O–H groups in total. The molecule has 31 heavy (non-hydrogen) atoms. The van der Waals surface area contributed by atoms with Crippen molar-refractivity contribution in [3.8, 4) is 11.5 Å². The fourth-order valence-corrected chi connectivity index (χ4v) is 3.87. The number of halogens is 2. The number of rotatable bonds is 8. The van der Waals surface area contributed by atoms with Crippen LogP contribution in [-0.4, -0.2) is 29.1 Å². The van der Waals surface area contributed by atoms with Gasteiger partial charge in [-0.2, -0.15) is 9.78 Å². The summed E-state index contributed by atoms with van der Waals surface area (Å²) < 4.78 is 14.3. The van der Waals surface area contributed by atoms with E-state index < -0.39 is 0 Å². The Morgan fingerprint density at radius 2 is 1.97 bits per heavy atom. The van der Waals surface area contributed by atoms with Crippen LogP contribution in [0.15, 0.2) is 49.2 Å². The molecule has 0 aliphatic heterocycles. The van der Waals surface area contributed by atoms with Gasteiger partial charge in [0.15, 0.2) is 11.5 Å². The molecule has 8 heteroatoms. The van der Waals surface area contributed by atoms with Gasteiger partial charge in [0.25, 0.3) is 5.56 Å². The maximum absolute atomic E-state index is 13.2. The van der Waals surface area contributed by atoms with Crippen molar-refractivity contribution in [1.29, 1.82) is 0 Å². The summed E-state index contributed by atoms with van der Waals surface area (Å²) in [6.45, 7) is 6.02. The number of methoxy groups -OCH3 is 1. The Bertz CT molecular complexity index is 1170. The average molecular weight is 551 g/mol. The molecule has 0 fully saturated rings. The minimum atomic E-state index is -0.198. The molecular weight excluding hydrogens is 526 g/mol. The molecule has 2 aromatic carbocycles. The number of hydrogen-bond donors (Lipinski definition) is 0. The lowest BCUT2D eigenvalue weighted by atomic mass is 10.2. The first-order chi connectivity index (χ1) is 14.8. The lowest BCUT2D eigenvalue weighted by Crippen LogP contribution is -2.22. The van der Waals surface area contributed by atoms with Gasteiger partial charge in [-0.25, -0.2) is 4.98 Å². The van der Waals surface area contributed by atoms with Gasteiger partial charge < -0.3 is 9.47 Å². The highest BCUT2D eigenvalue weighted by molar-refractivity contribution is 9.10. The van der Waals surface area contributed by atoms with Gasteiger partial charge in [0.2, 0.25) is 0 Å². The maximum atomic E-state index is 13.2. The fraction of sp³-hybridized carbons (Fsp3) is 0.348. The molecule has 0 saturated carbocycles. The normalized spacial score (nSPS) is 11.6. The van der Waals surface area contributed by atoms with E-state index in [9.17, 15) is 4.79 Å². The van der Waals surface area contributed by atoms with Crippen LogP contribution in [0.25, 0.3) is 10.9 Å². The number of aryl methyl sites for hydroxylation is 1. The monoisotopic (exact) mass is 549 g/mol. The van der Waals surface area contributed by atoms with E-state index in [4.69, 9.17) is 14.5 Å². The van der Waals surface area contributed by atoms with Gasteiger partial charge in [-0.15, -0.1) is 0 Å². The SMILES string of the molecule is CCCCc1nc2ccc(Br)cc2c(=O)n1N=Cc1cc(OC)c(OC(C)C)cc1Br. The summed E-state index contributed by atoms with van der Waals surface area (Å²) in [6, 6.07) is 9.18. The standard InChI is InChI=1S/C23H25Br2N3O3/c1-5-6-7-22-27-19-9-8-16(24)11-17(19)23(29)28(22)26-13-15-10-20(30-4)21(12-18(15)25)31-14(2)3/h8-14H,5-7H2,1-4H3. The molecule has 0 radical (unpaired) electrons. The molecule has 0 atom stereocenters. The zero-order chi connectivity index (χ0) is 22.5. The van der Waals surface area contributed by atoms with E-state index in [-0.39, 0.29) is 11.7 Å². The second-order valence-corrected chi connectivity index (χ2v) is 9.12. The van der Waals surface area contributed by atoms with Gasteiger partial charge in [-0.1, -0.05) is 29.3 Å². The predicted molar refractivity (Wildman–Crippen MR) is 132 cm³/mol. The maximum Gasteiger partial charge on any atom is 0.282 e. The summed E-state index contributed by atoms with van der Waals surface area (Å²) in [4.78, 5) is 17.9. The molecular formula is C23H25Br2N3O3. The molecule has 0 saturated heterocycles. The summed E-state index contributed by atoms with van der Waals surface area (Å²) in [6.07, 6.45) is 4.23. The van der Waals surface area contributed by atoms with Crippen molar-refractivity contribution < 1.29 is 9.47 Å². The molecule has 3 aromatic rings. The molecule has 0 bridgehead atoms. The zero-order valence-corrected chi connectivity index (χ0v) is 21.2. The van der Waals surface area contributed by atoms with Crippen molar-refractivity contribution in [3.05, 3.63) is 61.0 Å². The van der Waals surface area contributed by atoms with Crippen molar-refractivity contribution in [2.24, 2.45) is 5.10 Å². The Balaban J connectivity index is 2.09. The lowest BCUT2D eigenvalue weighted by Gasteiger charge is -2.15. The van der Waals surface area contributed by atoms with Gasteiger partial charge in [-0.3, -0.25) is 4.79 Å². The second kappa shape index (κ2) is 10.4. The number of unbranched alkanes of at least 4 members (excludes halogenated alkanes) is 1. The van der Waals surface area contributed by atoms with Crippen molar-refractivity contribution in [2.75, 3.05) is 7.11 Å². The summed E-state index contributed by atoms with van der Waals surface area (Å²) >= 11 is 7.00. The summed E-state index contributed by atoms with van der Waals surface area (Å²) in [5.41, 5.74) is 1.23. The van der Waals surface area contributed by atoms with E-state index in [1.165, 1.54) is 4.68 Å². The van der Waals surface area contributed by atoms with Gasteiger partial charge >= 0.3 is 0 Å². The third-order valence-electron chi connectivity index (χ3n) is 4.59. The molecule has 164 valence electrons. The van der Waals surface area contributed by atoms with Gasteiger partial charge in [0.05, 0.1) is 30.3 Å². The van der Waals surface area contributed by atoms with E-state index >= 15 is 0 Å². The third kappa shape index (κ3) is 5.54. The van der Waals surface area contributed by atoms with Gasteiger partial charge in [0.1, 0.15) is 5.82 Å². The molecule has 0 amide bonds. The van der Waals surface area contributed by atoms with Crippen LogP contribution in [-0.2, 0) is 6.42 Å². The van der Waals surface area contributed by atoms with E-state index in [1.54, 1.807) is 19.4 Å². The Morgan fingerprint density at radius 1 is 1.19 bits per heavy atom. The quantitative estimate of drug-likeness (QED) is 0.325. The van der Waals surface area contributed by atoms with Crippen LogP contribution < -0.4 is 15.0 Å². The van der Waals surface area contributed by atoms with Crippen LogP contribution >= 0.6 is 31.9 Å². The Morgan fingerprint density at radius 3 is 2.65 bits per heavy atom. The minimum absolute atomic E-state index is 0.0167. The summed E-state index contributed by atoms with van der Waals surface area (Å²) in [5, 5.41) is 5.03. The highest BCUT2D eigenvalue weighted by Crippen LogP contribution is 2.33. The van der Waals surface area contributed by atoms with Crippen LogP contribution in [0.4, 0.5) is 0 Å². The first-order valence-electron chi connectivity index (χ1n) is 10.1. The molecule has 0 aliphatic carbocycles. The molecule has 0 unspecified atom stereocenters. The van der Waals surface area contributed by atoms with Crippen molar-refractivity contribution in [2.45, 2.75) is 46.1 Å². The lowest BCUT2D eigenvalue weighted by molar-refractivity contribution is 0.230. The number of hydrogen-bond acceptors (Lipinski definition) is 5. The average Bonchev–Trinajstić information content (AvgIpc) is 2.73. The number of nitrogens with zero attached hydrogens (tertiary/aromatic N) is 3. The number of aromatic nitrogens is 2. The second-order valence-electron chi connectivity index (χ2n) is 7.35. The molecule has 0 spiro atoms. The van der Waals surface area contributed by atoms with Crippen LogP contribution in [0.1, 0.15) is 45.0 Å². The number of fused-ring (bicyclic) bond motifs is 1. The largest absolute Gasteiger partial charge is 0.493 e. The van der Waals surface area contributed by atoms with Crippen molar-refractivity contribution in [3.63, 3.8) is 0 Å². The Hall–Kier alpha value is -2.19. The van der Waals surface area contributed by atoms with Gasteiger partial charge in [-0.05, 0) is 66.5 Å². The predicted octanol–water partition coefficient (Wildman–Crippen LogP) is 5.94.